The van der Waals surface area contributed by atoms with Crippen molar-refractivity contribution in [3.05, 3.63) is 36.2 Å². The van der Waals surface area contributed by atoms with Crippen molar-refractivity contribution in [3.63, 3.8) is 0 Å². The molecule has 12 heavy (non-hydrogen) atoms. The molecule has 1 nitrogen and oxygen atoms in total. The minimum atomic E-state index is 1.12. The molecular formula is C10H10BN. The number of pyridine rings is 1. The first-order valence-corrected chi connectivity index (χ1v) is 4.10. The van der Waals surface area contributed by atoms with Crippen molar-refractivity contribution in [2.75, 3.05) is 0 Å². The molecule has 0 aliphatic heterocycles. The molecule has 0 N–H and O–H groups in total. The van der Waals surface area contributed by atoms with Gasteiger partial charge in [-0.15, -0.1) is 0 Å². The van der Waals surface area contributed by atoms with Crippen molar-refractivity contribution >= 4 is 24.1 Å². The number of benzene rings is 1. The summed E-state index contributed by atoms with van der Waals surface area (Å²) in [6, 6.07) is 8.34. The van der Waals surface area contributed by atoms with Crippen molar-refractivity contribution < 1.29 is 0 Å². The molecule has 0 fully saturated rings. The quantitative estimate of drug-likeness (QED) is 0.513. The van der Waals surface area contributed by atoms with Gasteiger partial charge in [-0.3, -0.25) is 4.98 Å². The first-order chi connectivity index (χ1) is 5.79. The largest absolute Gasteiger partial charge is 0.262 e. The van der Waals surface area contributed by atoms with Crippen LogP contribution in [0.15, 0.2) is 30.5 Å². The predicted molar refractivity (Wildman–Crippen MR) is 54.7 cm³/mol. The lowest BCUT2D eigenvalue weighted by Gasteiger charge is -2.03. The van der Waals surface area contributed by atoms with E-state index >= 15 is 0 Å². The smallest absolute Gasteiger partial charge is 0.142 e. The Hall–Kier alpha value is -1.31. The second-order valence-corrected chi connectivity index (χ2v) is 3.06. The van der Waals surface area contributed by atoms with Gasteiger partial charge in [0.1, 0.15) is 7.85 Å². The topological polar surface area (TPSA) is 12.9 Å². The molecule has 1 heterocycles. The van der Waals surface area contributed by atoms with Gasteiger partial charge in [-0.1, -0.05) is 29.7 Å². The molecule has 0 aliphatic rings. The van der Waals surface area contributed by atoms with Crippen LogP contribution >= 0.6 is 0 Å². The van der Waals surface area contributed by atoms with Crippen LogP contribution in [0.25, 0.3) is 10.8 Å². The van der Waals surface area contributed by atoms with Gasteiger partial charge >= 0.3 is 0 Å². The van der Waals surface area contributed by atoms with Crippen molar-refractivity contribution in [1.82, 2.24) is 4.98 Å². The van der Waals surface area contributed by atoms with Gasteiger partial charge in [0.25, 0.3) is 0 Å². The summed E-state index contributed by atoms with van der Waals surface area (Å²) < 4.78 is 0. The molecule has 0 atom stereocenters. The second kappa shape index (κ2) is 2.63. The lowest BCUT2D eigenvalue weighted by Crippen LogP contribution is -2.10. The van der Waals surface area contributed by atoms with Crippen LogP contribution in [-0.4, -0.2) is 12.8 Å². The third-order valence-corrected chi connectivity index (χ3v) is 2.30. The van der Waals surface area contributed by atoms with Crippen LogP contribution < -0.4 is 5.46 Å². The predicted octanol–water partition coefficient (Wildman–Crippen LogP) is 0.802. The van der Waals surface area contributed by atoms with Crippen LogP contribution in [-0.2, 0) is 0 Å². The Kier molecular flexibility index (Phi) is 1.61. The van der Waals surface area contributed by atoms with Gasteiger partial charge in [-0.05, 0) is 17.7 Å². The highest BCUT2D eigenvalue weighted by Crippen LogP contribution is 2.09. The zero-order valence-corrected chi connectivity index (χ0v) is 7.33. The van der Waals surface area contributed by atoms with E-state index in [1.54, 1.807) is 0 Å². The van der Waals surface area contributed by atoms with Crippen molar-refractivity contribution in [2.24, 2.45) is 0 Å². The Balaban J connectivity index is 2.91. The molecule has 0 saturated carbocycles. The van der Waals surface area contributed by atoms with E-state index in [1.165, 1.54) is 16.2 Å². The Labute approximate surface area is 72.8 Å². The Morgan fingerprint density at radius 3 is 2.83 bits per heavy atom. The van der Waals surface area contributed by atoms with Crippen LogP contribution in [0.1, 0.15) is 5.69 Å². The van der Waals surface area contributed by atoms with Crippen molar-refractivity contribution in [2.45, 2.75) is 6.92 Å². The number of hydrogen-bond acceptors (Lipinski definition) is 1. The standard InChI is InChI=1S/C10H10BN/c1-7-10(11)9-5-3-2-4-8(9)6-12-7/h2-6H,11H2,1H3. The van der Waals surface area contributed by atoms with Crippen LogP contribution in [0, 0.1) is 6.92 Å². The van der Waals surface area contributed by atoms with Gasteiger partial charge in [-0.2, -0.15) is 0 Å². The maximum Gasteiger partial charge on any atom is 0.142 e. The first-order valence-electron chi connectivity index (χ1n) is 4.10. The lowest BCUT2D eigenvalue weighted by atomic mass is 9.89. The molecule has 0 spiro atoms. The average molecular weight is 155 g/mol. The fourth-order valence-corrected chi connectivity index (χ4v) is 1.41. The zero-order valence-electron chi connectivity index (χ0n) is 7.33. The number of aryl methyl sites for hydroxylation is 1. The maximum atomic E-state index is 4.31. The van der Waals surface area contributed by atoms with E-state index < -0.39 is 0 Å². The van der Waals surface area contributed by atoms with Gasteiger partial charge in [0.05, 0.1) is 0 Å². The highest BCUT2D eigenvalue weighted by molar-refractivity contribution is 6.39. The summed E-state index contributed by atoms with van der Waals surface area (Å²) in [5.41, 5.74) is 2.40. The van der Waals surface area contributed by atoms with E-state index in [0.717, 1.165) is 5.69 Å². The molecular weight excluding hydrogens is 145 g/mol. The van der Waals surface area contributed by atoms with E-state index in [-0.39, 0.29) is 0 Å². The highest BCUT2D eigenvalue weighted by Gasteiger charge is 1.98. The summed E-state index contributed by atoms with van der Waals surface area (Å²) in [5, 5.41) is 2.53. The van der Waals surface area contributed by atoms with Gasteiger partial charge in [-0.25, -0.2) is 0 Å². The Morgan fingerprint density at radius 1 is 1.25 bits per heavy atom. The van der Waals surface area contributed by atoms with E-state index in [0.29, 0.717) is 0 Å². The van der Waals surface area contributed by atoms with Crippen molar-refractivity contribution in [1.29, 1.82) is 0 Å². The second-order valence-electron chi connectivity index (χ2n) is 3.06. The summed E-state index contributed by atoms with van der Waals surface area (Å²) in [7, 11) is 2.12. The molecule has 1 aromatic heterocycles. The minimum Gasteiger partial charge on any atom is -0.262 e. The third kappa shape index (κ3) is 1.000. The van der Waals surface area contributed by atoms with Crippen LogP contribution in [0.3, 0.4) is 0 Å². The molecule has 0 saturated heterocycles. The van der Waals surface area contributed by atoms with E-state index in [9.17, 15) is 0 Å². The monoisotopic (exact) mass is 155 g/mol. The van der Waals surface area contributed by atoms with Crippen LogP contribution in [0.2, 0.25) is 0 Å². The fourth-order valence-electron chi connectivity index (χ4n) is 1.41. The van der Waals surface area contributed by atoms with Gasteiger partial charge in [0.15, 0.2) is 0 Å². The van der Waals surface area contributed by atoms with Gasteiger partial charge < -0.3 is 0 Å². The minimum absolute atomic E-state index is 1.12. The maximum absolute atomic E-state index is 4.31. The first kappa shape index (κ1) is 7.35. The number of nitrogens with zero attached hydrogens (tertiary/aromatic N) is 1. The highest BCUT2D eigenvalue weighted by atomic mass is 14.7. The molecule has 2 heteroatoms. The van der Waals surface area contributed by atoms with Crippen LogP contribution in [0.4, 0.5) is 0 Å². The molecule has 0 bridgehead atoms. The summed E-state index contributed by atoms with van der Waals surface area (Å²) in [4.78, 5) is 4.31. The summed E-state index contributed by atoms with van der Waals surface area (Å²) in [5.74, 6) is 0. The van der Waals surface area contributed by atoms with E-state index in [1.807, 2.05) is 19.2 Å². The third-order valence-electron chi connectivity index (χ3n) is 2.30. The van der Waals surface area contributed by atoms with Gasteiger partial charge in [0.2, 0.25) is 0 Å². The number of rotatable bonds is 0. The van der Waals surface area contributed by atoms with Crippen LogP contribution in [0.5, 0.6) is 0 Å². The molecule has 1 aromatic carbocycles. The zero-order chi connectivity index (χ0) is 8.55. The summed E-state index contributed by atoms with van der Waals surface area (Å²) >= 11 is 0. The Bertz CT molecular complexity index is 423. The number of aromatic nitrogens is 1. The van der Waals surface area contributed by atoms with Crippen molar-refractivity contribution in [3.8, 4) is 0 Å². The number of hydrogen-bond donors (Lipinski definition) is 0. The molecule has 2 aromatic rings. The summed E-state index contributed by atoms with van der Waals surface area (Å²) in [6.07, 6.45) is 1.93. The normalized spacial score (nSPS) is 10.4. The fraction of sp³-hybridized carbons (Fsp3) is 0.100. The lowest BCUT2D eigenvalue weighted by molar-refractivity contribution is 1.24. The van der Waals surface area contributed by atoms with E-state index in [2.05, 4.69) is 31.0 Å². The SMILES string of the molecule is Bc1c(C)ncc2ccccc12. The number of fused-ring (bicyclic) bond motifs is 1. The molecule has 0 aliphatic carbocycles. The molecule has 0 radical (unpaired) electrons. The average Bonchev–Trinajstić information content (AvgIpc) is 2.12. The summed E-state index contributed by atoms with van der Waals surface area (Å²) in [6.45, 7) is 2.04. The van der Waals surface area contributed by atoms with Gasteiger partial charge in [0, 0.05) is 11.9 Å². The Morgan fingerprint density at radius 2 is 2.00 bits per heavy atom. The molecule has 2 rings (SSSR count). The van der Waals surface area contributed by atoms with E-state index in [4.69, 9.17) is 0 Å². The molecule has 0 unspecified atom stereocenters. The molecule has 0 amide bonds. The molecule has 58 valence electrons.